The molecule has 1 amide bonds. The lowest BCUT2D eigenvalue weighted by Gasteiger charge is -2.28. The number of methoxy groups -OCH3 is 1. The van der Waals surface area contributed by atoms with E-state index in [4.69, 9.17) is 16.3 Å². The summed E-state index contributed by atoms with van der Waals surface area (Å²) in [6.45, 7) is 3.00. The Morgan fingerprint density at radius 1 is 1.15 bits per heavy atom. The van der Waals surface area contributed by atoms with Gasteiger partial charge in [-0.1, -0.05) is 35.9 Å². The first-order chi connectivity index (χ1) is 12.6. The molecule has 1 atom stereocenters. The second-order valence-corrected chi connectivity index (χ2v) is 6.97. The van der Waals surface area contributed by atoms with E-state index in [1.54, 1.807) is 7.11 Å². The van der Waals surface area contributed by atoms with Gasteiger partial charge in [0.25, 0.3) is 5.91 Å². The number of halogens is 1. The van der Waals surface area contributed by atoms with Gasteiger partial charge in [-0.05, 0) is 42.3 Å². The fraction of sp³-hybridized carbons (Fsp3) is 0.238. The number of amides is 1. The van der Waals surface area contributed by atoms with Gasteiger partial charge in [-0.15, -0.1) is 0 Å². The summed E-state index contributed by atoms with van der Waals surface area (Å²) in [5.74, 6) is 0.871. The first kappa shape index (κ1) is 16.9. The van der Waals surface area contributed by atoms with E-state index in [0.717, 1.165) is 33.7 Å². The molecular formula is C21H19ClN2O2. The number of hydrogen-bond acceptors (Lipinski definition) is 3. The van der Waals surface area contributed by atoms with Crippen LogP contribution in [0.15, 0.2) is 64.7 Å². The molecule has 0 fully saturated rings. The van der Waals surface area contributed by atoms with Gasteiger partial charge in [0.15, 0.2) is 0 Å². The molecule has 0 bridgehead atoms. The number of ether oxygens (including phenoxy) is 1. The largest absolute Gasteiger partial charge is 0.497 e. The highest BCUT2D eigenvalue weighted by molar-refractivity contribution is 6.30. The Morgan fingerprint density at radius 2 is 1.85 bits per heavy atom. The lowest BCUT2D eigenvalue weighted by Crippen LogP contribution is -2.31. The molecule has 0 radical (unpaired) electrons. The van der Waals surface area contributed by atoms with E-state index in [9.17, 15) is 4.79 Å². The van der Waals surface area contributed by atoms with E-state index < -0.39 is 0 Å². The summed E-state index contributed by atoms with van der Waals surface area (Å²) in [6, 6.07) is 15.4. The van der Waals surface area contributed by atoms with Crippen LogP contribution in [0.2, 0.25) is 5.02 Å². The molecule has 0 spiro atoms. The van der Waals surface area contributed by atoms with E-state index >= 15 is 0 Å². The molecule has 0 aliphatic carbocycles. The van der Waals surface area contributed by atoms with Gasteiger partial charge >= 0.3 is 0 Å². The molecule has 5 heteroatoms. The monoisotopic (exact) mass is 366 g/mol. The minimum atomic E-state index is -0.122. The maximum Gasteiger partial charge on any atom is 0.253 e. The zero-order valence-electron chi connectivity index (χ0n) is 14.7. The van der Waals surface area contributed by atoms with Gasteiger partial charge in [-0.25, -0.2) is 0 Å². The average molecular weight is 367 g/mol. The van der Waals surface area contributed by atoms with Crippen molar-refractivity contribution in [1.29, 1.82) is 0 Å². The third kappa shape index (κ3) is 2.80. The van der Waals surface area contributed by atoms with Crippen LogP contribution in [0, 0.1) is 0 Å². The number of carbonyl (C=O) groups excluding carboxylic acids is 1. The van der Waals surface area contributed by atoms with Crippen LogP contribution in [0.4, 0.5) is 0 Å². The molecule has 1 unspecified atom stereocenters. The molecule has 132 valence electrons. The van der Waals surface area contributed by atoms with Crippen LogP contribution >= 0.6 is 11.6 Å². The van der Waals surface area contributed by atoms with Crippen molar-refractivity contribution in [3.05, 3.63) is 75.8 Å². The Hall–Kier alpha value is -2.59. The summed E-state index contributed by atoms with van der Waals surface area (Å²) in [5, 5.41) is 0.686. The van der Waals surface area contributed by atoms with Gasteiger partial charge in [-0.3, -0.25) is 9.79 Å². The van der Waals surface area contributed by atoms with Crippen molar-refractivity contribution in [2.24, 2.45) is 4.99 Å². The lowest BCUT2D eigenvalue weighted by molar-refractivity contribution is -0.127. The third-order valence-corrected chi connectivity index (χ3v) is 5.24. The number of hydrogen-bond donors (Lipinski definition) is 0. The Balaban J connectivity index is 1.71. The normalized spacial score (nSPS) is 19.0. The maximum absolute atomic E-state index is 13.1. The Bertz CT molecular complexity index is 914. The van der Waals surface area contributed by atoms with Crippen molar-refractivity contribution in [2.75, 3.05) is 13.7 Å². The van der Waals surface area contributed by atoms with Gasteiger partial charge < -0.3 is 9.64 Å². The Labute approximate surface area is 157 Å². The highest BCUT2D eigenvalue weighted by Crippen LogP contribution is 2.42. The van der Waals surface area contributed by atoms with E-state index in [1.165, 1.54) is 0 Å². The second kappa shape index (κ2) is 6.61. The van der Waals surface area contributed by atoms with E-state index in [-0.39, 0.29) is 11.9 Å². The zero-order valence-corrected chi connectivity index (χ0v) is 15.5. The van der Waals surface area contributed by atoms with Crippen molar-refractivity contribution in [3.8, 4) is 5.75 Å². The maximum atomic E-state index is 13.1. The van der Waals surface area contributed by atoms with Crippen molar-refractivity contribution in [2.45, 2.75) is 19.5 Å². The second-order valence-electron chi connectivity index (χ2n) is 6.53. The van der Waals surface area contributed by atoms with Crippen LogP contribution in [0.5, 0.6) is 5.75 Å². The third-order valence-electron chi connectivity index (χ3n) is 4.99. The smallest absolute Gasteiger partial charge is 0.253 e. The zero-order chi connectivity index (χ0) is 18.3. The van der Waals surface area contributed by atoms with Crippen LogP contribution in [-0.2, 0) is 11.3 Å². The van der Waals surface area contributed by atoms with Crippen LogP contribution in [0.25, 0.3) is 0 Å². The van der Waals surface area contributed by atoms with Crippen LogP contribution in [-0.4, -0.2) is 30.2 Å². The number of aliphatic imine (C=N–C) groups is 1. The SMILES string of the molecule is COc1ccc(CN2C(=O)C3=C(C(C)=NC3)C2c2ccc(Cl)cc2)cc1. The highest BCUT2D eigenvalue weighted by atomic mass is 35.5. The Morgan fingerprint density at radius 3 is 2.50 bits per heavy atom. The highest BCUT2D eigenvalue weighted by Gasteiger charge is 2.42. The van der Waals surface area contributed by atoms with Crippen LogP contribution in [0.1, 0.15) is 24.1 Å². The molecule has 0 N–H and O–H groups in total. The number of rotatable bonds is 4. The standard InChI is InChI=1S/C21H19ClN2O2/c1-13-19-18(11-23-13)21(25)24(12-14-3-9-17(26-2)10-4-14)20(19)15-5-7-16(22)8-6-15/h3-10,20H,11-12H2,1-2H3. The van der Waals surface area contributed by atoms with Crippen LogP contribution in [0.3, 0.4) is 0 Å². The fourth-order valence-electron chi connectivity index (χ4n) is 3.66. The van der Waals surface area contributed by atoms with Crippen molar-refractivity contribution < 1.29 is 9.53 Å². The number of carbonyl (C=O) groups is 1. The topological polar surface area (TPSA) is 41.9 Å². The van der Waals surface area contributed by atoms with Crippen molar-refractivity contribution >= 4 is 23.2 Å². The van der Waals surface area contributed by atoms with E-state index in [0.29, 0.717) is 18.1 Å². The predicted octanol–water partition coefficient (Wildman–Crippen LogP) is 4.20. The quantitative estimate of drug-likeness (QED) is 0.813. The summed E-state index contributed by atoms with van der Waals surface area (Å²) in [5.41, 5.74) is 4.93. The van der Waals surface area contributed by atoms with E-state index in [2.05, 4.69) is 4.99 Å². The summed E-state index contributed by atoms with van der Waals surface area (Å²) in [6.07, 6.45) is 0. The molecule has 0 saturated heterocycles. The van der Waals surface area contributed by atoms with Gasteiger partial charge in [0.2, 0.25) is 0 Å². The molecule has 2 aliphatic rings. The molecular weight excluding hydrogens is 348 g/mol. The van der Waals surface area contributed by atoms with Crippen molar-refractivity contribution in [1.82, 2.24) is 4.90 Å². The summed E-state index contributed by atoms with van der Waals surface area (Å²) in [4.78, 5) is 19.5. The fourth-order valence-corrected chi connectivity index (χ4v) is 3.79. The number of nitrogens with zero attached hydrogens (tertiary/aromatic N) is 2. The summed E-state index contributed by atoms with van der Waals surface area (Å²) >= 11 is 6.05. The lowest BCUT2D eigenvalue weighted by atomic mass is 9.95. The number of benzene rings is 2. The molecule has 4 nitrogen and oxygen atoms in total. The molecule has 26 heavy (non-hydrogen) atoms. The molecule has 2 aromatic rings. The first-order valence-electron chi connectivity index (χ1n) is 8.52. The van der Waals surface area contributed by atoms with Gasteiger partial charge in [-0.2, -0.15) is 0 Å². The Kier molecular flexibility index (Phi) is 4.29. The molecule has 2 aliphatic heterocycles. The van der Waals surface area contributed by atoms with E-state index in [1.807, 2.05) is 60.4 Å². The molecule has 0 aromatic heterocycles. The molecule has 2 aromatic carbocycles. The minimum Gasteiger partial charge on any atom is -0.497 e. The predicted molar refractivity (Wildman–Crippen MR) is 103 cm³/mol. The average Bonchev–Trinajstić information content (AvgIpc) is 3.16. The first-order valence-corrected chi connectivity index (χ1v) is 8.90. The molecule has 0 saturated carbocycles. The van der Waals surface area contributed by atoms with Gasteiger partial charge in [0.1, 0.15) is 5.75 Å². The van der Waals surface area contributed by atoms with Gasteiger partial charge in [0, 0.05) is 28.4 Å². The summed E-state index contributed by atoms with van der Waals surface area (Å²) in [7, 11) is 1.64. The molecule has 2 heterocycles. The summed E-state index contributed by atoms with van der Waals surface area (Å²) < 4.78 is 5.22. The van der Waals surface area contributed by atoms with Gasteiger partial charge in [0.05, 0.1) is 19.7 Å². The van der Waals surface area contributed by atoms with Crippen molar-refractivity contribution in [3.63, 3.8) is 0 Å². The molecule has 4 rings (SSSR count). The minimum absolute atomic E-state index is 0.0661. The van der Waals surface area contributed by atoms with Crippen LogP contribution < -0.4 is 4.74 Å².